The molecule has 1 N–H and O–H groups in total. The van der Waals surface area contributed by atoms with Gasteiger partial charge in [-0.1, -0.05) is 30.3 Å². The van der Waals surface area contributed by atoms with Crippen LogP contribution in [0.25, 0.3) is 0 Å². The van der Waals surface area contributed by atoms with Crippen LogP contribution in [0, 0.1) is 0 Å². The maximum atomic E-state index is 11.0. The van der Waals surface area contributed by atoms with Crippen LogP contribution in [0.3, 0.4) is 0 Å². The maximum absolute atomic E-state index is 11.0. The molecule has 1 amide bonds. The second-order valence-corrected chi connectivity index (χ2v) is 5.88. The smallest absolute Gasteiger partial charge is 0.236 e. The third-order valence-electron chi connectivity index (χ3n) is 2.80. The van der Waals surface area contributed by atoms with Crippen LogP contribution < -0.4 is 10.1 Å². The number of carbonyl (C=O) groups is 1. The molecule has 1 aliphatic rings. The lowest BCUT2D eigenvalue weighted by atomic mass is 10.2. The minimum absolute atomic E-state index is 0.0523. The van der Waals surface area contributed by atoms with Gasteiger partial charge in [0.2, 0.25) is 5.91 Å². The molecule has 2 rings (SSSR count). The van der Waals surface area contributed by atoms with Crippen molar-refractivity contribution in [2.24, 2.45) is 10.2 Å². The van der Waals surface area contributed by atoms with Gasteiger partial charge in [-0.2, -0.15) is 5.10 Å². The third kappa shape index (κ3) is 4.75. The van der Waals surface area contributed by atoms with Crippen LogP contribution in [0.15, 0.2) is 28.4 Å². The fraction of sp³-hybridized carbons (Fsp3) is 0.357. The summed E-state index contributed by atoms with van der Waals surface area (Å²) in [6.45, 7) is 4.05. The van der Waals surface area contributed by atoms with E-state index in [0.29, 0.717) is 21.7 Å². The summed E-state index contributed by atoms with van der Waals surface area (Å²) in [5.74, 6) is 0.999. The zero-order valence-electron chi connectivity index (χ0n) is 11.8. The summed E-state index contributed by atoms with van der Waals surface area (Å²) < 4.78 is 5.69. The van der Waals surface area contributed by atoms with Crippen LogP contribution in [0.2, 0.25) is 5.02 Å². The van der Waals surface area contributed by atoms with Gasteiger partial charge in [-0.3, -0.25) is 4.79 Å². The Bertz CT molecular complexity index is 590. The first-order chi connectivity index (χ1) is 10.1. The number of hydrogen-bond donors (Lipinski definition) is 1. The maximum Gasteiger partial charge on any atom is 0.236 e. The van der Waals surface area contributed by atoms with Crippen molar-refractivity contribution in [2.45, 2.75) is 26.4 Å². The molecular weight excluding hydrogens is 310 g/mol. The molecule has 1 aliphatic heterocycles. The first-order valence-corrected chi connectivity index (χ1v) is 7.94. The van der Waals surface area contributed by atoms with Gasteiger partial charge < -0.3 is 10.1 Å². The van der Waals surface area contributed by atoms with Crippen molar-refractivity contribution in [1.29, 1.82) is 0 Å². The second kappa shape index (κ2) is 7.47. The fourth-order valence-electron chi connectivity index (χ4n) is 1.52. The van der Waals surface area contributed by atoms with Crippen LogP contribution in [-0.4, -0.2) is 29.1 Å². The van der Waals surface area contributed by atoms with E-state index < -0.39 is 0 Å². The second-order valence-electron chi connectivity index (χ2n) is 4.51. The Kier molecular flexibility index (Phi) is 5.64. The molecule has 112 valence electrons. The van der Waals surface area contributed by atoms with Gasteiger partial charge in [0, 0.05) is 0 Å². The lowest BCUT2D eigenvalue weighted by molar-refractivity contribution is -0.116. The average Bonchev–Trinajstić information content (AvgIpc) is 2.87. The predicted molar refractivity (Wildman–Crippen MR) is 87.5 cm³/mol. The molecule has 5 nitrogen and oxygen atoms in total. The number of ether oxygens (including phenoxy) is 1. The van der Waals surface area contributed by atoms with E-state index in [9.17, 15) is 4.79 Å². The minimum Gasteiger partial charge on any atom is -0.489 e. The molecule has 0 saturated carbocycles. The molecule has 21 heavy (non-hydrogen) atoms. The van der Waals surface area contributed by atoms with Gasteiger partial charge in [-0.25, -0.2) is 0 Å². The summed E-state index contributed by atoms with van der Waals surface area (Å²) in [5.41, 5.74) is 0.815. The van der Waals surface area contributed by atoms with Gasteiger partial charge in [0.05, 0.1) is 23.1 Å². The molecule has 0 aromatic heterocycles. The summed E-state index contributed by atoms with van der Waals surface area (Å²) in [6, 6.07) is 5.44. The molecule has 1 heterocycles. The highest BCUT2D eigenvalue weighted by Crippen LogP contribution is 2.26. The van der Waals surface area contributed by atoms with Gasteiger partial charge in [-0.15, -0.1) is 5.10 Å². The van der Waals surface area contributed by atoms with E-state index in [2.05, 4.69) is 22.4 Å². The van der Waals surface area contributed by atoms with E-state index in [4.69, 9.17) is 16.3 Å². The molecule has 1 atom stereocenters. The number of rotatable bonds is 5. The Morgan fingerprint density at radius 3 is 3.00 bits per heavy atom. The highest BCUT2D eigenvalue weighted by atomic mass is 35.5. The van der Waals surface area contributed by atoms with Gasteiger partial charge in [0.25, 0.3) is 0 Å². The number of benzene rings is 1. The van der Waals surface area contributed by atoms with E-state index in [1.54, 1.807) is 12.3 Å². The SMILES string of the molecule is CCC(C)Oc1ccc(C=NN=C2NC(=O)CS2)cc1Cl. The molecule has 1 aromatic rings. The molecule has 1 saturated heterocycles. The molecule has 0 aliphatic carbocycles. The summed E-state index contributed by atoms with van der Waals surface area (Å²) >= 11 is 7.50. The van der Waals surface area contributed by atoms with E-state index in [1.165, 1.54) is 11.8 Å². The average molecular weight is 326 g/mol. The number of nitrogens with one attached hydrogen (secondary N) is 1. The van der Waals surface area contributed by atoms with Crippen LogP contribution in [0.4, 0.5) is 0 Å². The first-order valence-electron chi connectivity index (χ1n) is 6.58. The molecule has 0 bridgehead atoms. The topological polar surface area (TPSA) is 63.1 Å². The number of halogens is 1. The van der Waals surface area contributed by atoms with E-state index >= 15 is 0 Å². The van der Waals surface area contributed by atoms with Gasteiger partial charge in [0.15, 0.2) is 5.17 Å². The normalized spacial score (nSPS) is 18.2. The van der Waals surface area contributed by atoms with Crippen molar-refractivity contribution < 1.29 is 9.53 Å². The van der Waals surface area contributed by atoms with Crippen LogP contribution >= 0.6 is 23.4 Å². The van der Waals surface area contributed by atoms with E-state index in [-0.39, 0.29) is 12.0 Å². The summed E-state index contributed by atoms with van der Waals surface area (Å²) in [5, 5.41) is 11.5. The van der Waals surface area contributed by atoms with Gasteiger partial charge in [0.1, 0.15) is 5.75 Å². The Hall–Kier alpha value is -1.53. The molecule has 1 aromatic carbocycles. The van der Waals surface area contributed by atoms with Crippen molar-refractivity contribution in [3.63, 3.8) is 0 Å². The Labute approximate surface area is 132 Å². The van der Waals surface area contributed by atoms with Crippen molar-refractivity contribution in [3.05, 3.63) is 28.8 Å². The summed E-state index contributed by atoms with van der Waals surface area (Å²) in [6.07, 6.45) is 2.62. The first kappa shape index (κ1) is 15.9. The molecule has 0 radical (unpaired) electrons. The Morgan fingerprint density at radius 2 is 2.38 bits per heavy atom. The molecule has 1 unspecified atom stereocenters. The van der Waals surface area contributed by atoms with Crippen LogP contribution in [0.1, 0.15) is 25.8 Å². The molecule has 0 spiro atoms. The zero-order valence-corrected chi connectivity index (χ0v) is 13.4. The van der Waals surface area contributed by atoms with Crippen molar-refractivity contribution >= 4 is 40.7 Å². The largest absolute Gasteiger partial charge is 0.489 e. The number of hydrogen-bond acceptors (Lipinski definition) is 5. The summed E-state index contributed by atoms with van der Waals surface area (Å²) in [7, 11) is 0. The molecule has 7 heteroatoms. The van der Waals surface area contributed by atoms with E-state index in [0.717, 1.165) is 12.0 Å². The lowest BCUT2D eigenvalue weighted by Crippen LogP contribution is -2.19. The predicted octanol–water partition coefficient (Wildman–Crippen LogP) is 3.07. The molecule has 1 fully saturated rings. The standard InChI is InChI=1S/C14H16ClN3O2S/c1-3-9(2)20-12-5-4-10(6-11(12)15)7-16-18-14-17-13(19)8-21-14/h4-7,9H,3,8H2,1-2H3,(H,17,18,19). The van der Waals surface area contributed by atoms with Crippen LogP contribution in [0.5, 0.6) is 5.75 Å². The van der Waals surface area contributed by atoms with E-state index in [1.807, 2.05) is 19.1 Å². The monoisotopic (exact) mass is 325 g/mol. The highest BCUT2D eigenvalue weighted by Gasteiger charge is 2.15. The van der Waals surface area contributed by atoms with Crippen molar-refractivity contribution in [2.75, 3.05) is 5.75 Å². The zero-order chi connectivity index (χ0) is 15.2. The number of amidine groups is 1. The lowest BCUT2D eigenvalue weighted by Gasteiger charge is -2.13. The van der Waals surface area contributed by atoms with Crippen molar-refractivity contribution in [1.82, 2.24) is 5.32 Å². The summed E-state index contributed by atoms with van der Waals surface area (Å²) in [4.78, 5) is 11.0. The number of amides is 1. The minimum atomic E-state index is -0.0523. The molecular formula is C14H16ClN3O2S. The highest BCUT2D eigenvalue weighted by molar-refractivity contribution is 8.15. The number of nitrogens with zero attached hydrogens (tertiary/aromatic N) is 2. The fourth-order valence-corrected chi connectivity index (χ4v) is 2.38. The van der Waals surface area contributed by atoms with Gasteiger partial charge >= 0.3 is 0 Å². The Morgan fingerprint density at radius 1 is 1.57 bits per heavy atom. The quantitative estimate of drug-likeness (QED) is 0.668. The Balaban J connectivity index is 2.01. The van der Waals surface area contributed by atoms with Crippen LogP contribution in [-0.2, 0) is 4.79 Å². The van der Waals surface area contributed by atoms with Crippen molar-refractivity contribution in [3.8, 4) is 5.75 Å². The number of carbonyl (C=O) groups excluding carboxylic acids is 1. The van der Waals surface area contributed by atoms with Gasteiger partial charge in [-0.05, 0) is 37.1 Å². The number of thioether (sulfide) groups is 1. The third-order valence-corrected chi connectivity index (χ3v) is 3.96.